The van der Waals surface area contributed by atoms with E-state index in [4.69, 9.17) is 16.3 Å². The molecule has 2 aromatic heterocycles. The second-order valence-electron chi connectivity index (χ2n) is 7.13. The number of hydrogen-bond acceptors (Lipinski definition) is 5. The van der Waals surface area contributed by atoms with Crippen molar-refractivity contribution in [2.24, 2.45) is 0 Å². The van der Waals surface area contributed by atoms with Crippen molar-refractivity contribution in [3.63, 3.8) is 0 Å². The molecule has 0 aliphatic carbocycles. The van der Waals surface area contributed by atoms with E-state index in [2.05, 4.69) is 30.7 Å². The number of anilines is 2. The zero-order valence-corrected chi connectivity index (χ0v) is 17.3. The third kappa shape index (κ3) is 4.65. The number of amides is 2. The number of carbonyl (C=O) groups is 1. The third-order valence-corrected chi connectivity index (χ3v) is 5.51. The summed E-state index contributed by atoms with van der Waals surface area (Å²) in [6.45, 7) is 1.52. The van der Waals surface area contributed by atoms with Crippen LogP contribution in [0.4, 0.5) is 16.2 Å². The topological polar surface area (TPSA) is 95.2 Å². The maximum atomic E-state index is 12.6. The van der Waals surface area contributed by atoms with E-state index in [-0.39, 0.29) is 18.0 Å². The first-order valence-corrected chi connectivity index (χ1v) is 10.1. The Morgan fingerprint density at radius 1 is 1.23 bits per heavy atom. The number of rotatable bonds is 5. The van der Waals surface area contributed by atoms with Crippen molar-refractivity contribution < 1.29 is 9.53 Å². The van der Waals surface area contributed by atoms with E-state index in [1.807, 2.05) is 18.3 Å². The first-order chi connectivity index (χ1) is 14.6. The molecule has 3 aromatic rings. The van der Waals surface area contributed by atoms with E-state index in [1.165, 1.54) is 0 Å². The van der Waals surface area contributed by atoms with Crippen molar-refractivity contribution in [1.82, 2.24) is 20.5 Å². The Labute approximate surface area is 179 Å². The molecule has 0 saturated carbocycles. The molecule has 3 heterocycles. The van der Waals surface area contributed by atoms with Gasteiger partial charge in [0.05, 0.1) is 25.2 Å². The molecule has 1 aromatic carbocycles. The van der Waals surface area contributed by atoms with Crippen LogP contribution in [0.25, 0.3) is 0 Å². The highest BCUT2D eigenvalue weighted by molar-refractivity contribution is 6.30. The Balaban J connectivity index is 1.50. The number of nitrogens with zero attached hydrogens (tertiary/aromatic N) is 3. The van der Waals surface area contributed by atoms with Gasteiger partial charge in [0.1, 0.15) is 5.75 Å². The number of nitrogens with one attached hydrogen (secondary N) is 3. The number of aromatic amines is 1. The summed E-state index contributed by atoms with van der Waals surface area (Å²) >= 11 is 5.91. The second kappa shape index (κ2) is 9.04. The van der Waals surface area contributed by atoms with Gasteiger partial charge in [-0.1, -0.05) is 11.6 Å². The van der Waals surface area contributed by atoms with Crippen molar-refractivity contribution >= 4 is 29.0 Å². The van der Waals surface area contributed by atoms with Crippen LogP contribution in [0.1, 0.15) is 18.0 Å². The van der Waals surface area contributed by atoms with Crippen molar-refractivity contribution in [2.45, 2.75) is 18.4 Å². The van der Waals surface area contributed by atoms with Gasteiger partial charge < -0.3 is 20.3 Å². The van der Waals surface area contributed by atoms with Crippen LogP contribution in [0.5, 0.6) is 5.75 Å². The van der Waals surface area contributed by atoms with Gasteiger partial charge in [-0.3, -0.25) is 10.1 Å². The minimum absolute atomic E-state index is 0.00974. The molecule has 1 aliphatic heterocycles. The number of piperidine rings is 1. The first-order valence-electron chi connectivity index (χ1n) is 9.69. The number of aromatic nitrogens is 3. The molecule has 1 aliphatic rings. The number of urea groups is 1. The zero-order chi connectivity index (χ0) is 20.9. The molecule has 0 spiro atoms. The Bertz CT molecular complexity index is 962. The standard InChI is InChI=1S/C21H23ClN6O2/c1-30-17-6-7-19(23-12-17)18-13-28(16-10-24-25-11-16)9-8-20(18)27-21(29)26-15-4-2-14(22)3-5-15/h2-7,10-12,18,20H,8-9,13H2,1H3,(H,24,25)(H2,26,27,29). The SMILES string of the molecule is COc1ccc(C2CN(c3cn[nH]c3)CCC2NC(=O)Nc2ccc(Cl)cc2)nc1. The molecular weight excluding hydrogens is 404 g/mol. The molecule has 0 bridgehead atoms. The summed E-state index contributed by atoms with van der Waals surface area (Å²) in [5.74, 6) is 0.710. The van der Waals surface area contributed by atoms with Crippen LogP contribution in [0.2, 0.25) is 5.02 Å². The highest BCUT2D eigenvalue weighted by Gasteiger charge is 2.33. The minimum atomic E-state index is -0.252. The molecule has 0 radical (unpaired) electrons. The van der Waals surface area contributed by atoms with Crippen LogP contribution < -0.4 is 20.3 Å². The zero-order valence-electron chi connectivity index (χ0n) is 16.5. The summed E-state index contributed by atoms with van der Waals surface area (Å²) in [5, 5.41) is 13.5. The van der Waals surface area contributed by atoms with Gasteiger partial charge in [-0.05, 0) is 42.8 Å². The molecule has 2 amide bonds. The fourth-order valence-electron chi connectivity index (χ4n) is 3.68. The molecule has 9 heteroatoms. The lowest BCUT2D eigenvalue weighted by Gasteiger charge is -2.39. The minimum Gasteiger partial charge on any atom is -0.495 e. The normalized spacial score (nSPS) is 18.7. The molecule has 1 saturated heterocycles. The largest absolute Gasteiger partial charge is 0.495 e. The number of benzene rings is 1. The fraction of sp³-hybridized carbons (Fsp3) is 0.286. The van der Waals surface area contributed by atoms with Crippen LogP contribution in [-0.2, 0) is 0 Å². The van der Waals surface area contributed by atoms with Gasteiger partial charge in [-0.15, -0.1) is 0 Å². The van der Waals surface area contributed by atoms with Gasteiger partial charge in [0, 0.05) is 47.7 Å². The van der Waals surface area contributed by atoms with E-state index >= 15 is 0 Å². The second-order valence-corrected chi connectivity index (χ2v) is 7.57. The molecule has 2 unspecified atom stereocenters. The predicted octanol–water partition coefficient (Wildman–Crippen LogP) is 3.65. The van der Waals surface area contributed by atoms with Crippen LogP contribution >= 0.6 is 11.6 Å². The molecule has 3 N–H and O–H groups in total. The third-order valence-electron chi connectivity index (χ3n) is 5.26. The van der Waals surface area contributed by atoms with Gasteiger partial charge in [-0.25, -0.2) is 4.79 Å². The lowest BCUT2D eigenvalue weighted by atomic mass is 9.88. The molecule has 4 rings (SSSR count). The smallest absolute Gasteiger partial charge is 0.319 e. The van der Waals surface area contributed by atoms with Crippen LogP contribution in [0.15, 0.2) is 55.0 Å². The Hall–Kier alpha value is -3.26. The maximum absolute atomic E-state index is 12.6. The summed E-state index contributed by atoms with van der Waals surface area (Å²) < 4.78 is 5.23. The maximum Gasteiger partial charge on any atom is 0.319 e. The average molecular weight is 427 g/mol. The highest BCUT2D eigenvalue weighted by Crippen LogP contribution is 2.30. The van der Waals surface area contributed by atoms with Gasteiger partial charge >= 0.3 is 6.03 Å². The Kier molecular flexibility index (Phi) is 6.04. The number of carbonyl (C=O) groups excluding carboxylic acids is 1. The van der Waals surface area contributed by atoms with Crippen LogP contribution in [0.3, 0.4) is 0 Å². The van der Waals surface area contributed by atoms with Gasteiger partial charge in [-0.2, -0.15) is 5.10 Å². The number of hydrogen-bond donors (Lipinski definition) is 3. The van der Waals surface area contributed by atoms with Crippen molar-refractivity contribution in [3.8, 4) is 5.75 Å². The monoisotopic (exact) mass is 426 g/mol. The summed E-state index contributed by atoms with van der Waals surface area (Å²) in [7, 11) is 1.61. The lowest BCUT2D eigenvalue weighted by Crippen LogP contribution is -2.51. The summed E-state index contributed by atoms with van der Waals surface area (Å²) in [6.07, 6.45) is 6.16. The Morgan fingerprint density at radius 2 is 2.07 bits per heavy atom. The number of pyridine rings is 1. The van der Waals surface area contributed by atoms with Gasteiger partial charge in [0.25, 0.3) is 0 Å². The van der Waals surface area contributed by atoms with E-state index in [9.17, 15) is 4.79 Å². The molecule has 1 fully saturated rings. The molecule has 2 atom stereocenters. The van der Waals surface area contributed by atoms with Crippen molar-refractivity contribution in [3.05, 3.63) is 65.7 Å². The summed E-state index contributed by atoms with van der Waals surface area (Å²) in [6, 6.07) is 10.5. The number of methoxy groups -OCH3 is 1. The molecule has 156 valence electrons. The quantitative estimate of drug-likeness (QED) is 0.578. The van der Waals surface area contributed by atoms with Crippen molar-refractivity contribution in [2.75, 3.05) is 30.4 Å². The number of H-pyrrole nitrogens is 1. The van der Waals surface area contributed by atoms with Crippen molar-refractivity contribution in [1.29, 1.82) is 0 Å². The van der Waals surface area contributed by atoms with Crippen LogP contribution in [-0.4, -0.2) is 47.5 Å². The predicted molar refractivity (Wildman–Crippen MR) is 116 cm³/mol. The Morgan fingerprint density at radius 3 is 2.73 bits per heavy atom. The summed E-state index contributed by atoms with van der Waals surface area (Å²) in [5.41, 5.74) is 2.62. The van der Waals surface area contributed by atoms with E-state index in [1.54, 1.807) is 43.8 Å². The van der Waals surface area contributed by atoms with E-state index in [0.29, 0.717) is 23.0 Å². The first kappa shape index (κ1) is 20.0. The highest BCUT2D eigenvalue weighted by atomic mass is 35.5. The van der Waals surface area contributed by atoms with Crippen LogP contribution in [0, 0.1) is 0 Å². The number of ether oxygens (including phenoxy) is 1. The summed E-state index contributed by atoms with van der Waals surface area (Å²) in [4.78, 5) is 19.5. The number of halogens is 1. The van der Waals surface area contributed by atoms with Gasteiger partial charge in [0.15, 0.2) is 0 Å². The lowest BCUT2D eigenvalue weighted by molar-refractivity contribution is 0.243. The molecule has 8 nitrogen and oxygen atoms in total. The van der Waals surface area contributed by atoms with E-state index < -0.39 is 0 Å². The van der Waals surface area contributed by atoms with E-state index in [0.717, 1.165) is 24.3 Å². The molecule has 30 heavy (non-hydrogen) atoms. The van der Waals surface area contributed by atoms with Gasteiger partial charge in [0.2, 0.25) is 0 Å². The molecular formula is C21H23ClN6O2. The fourth-order valence-corrected chi connectivity index (χ4v) is 3.80. The average Bonchev–Trinajstić information content (AvgIpc) is 3.31.